The molecule has 0 aromatic heterocycles. The monoisotopic (exact) mass is 1100 g/mol. The van der Waals surface area contributed by atoms with Crippen molar-refractivity contribution in [2.24, 2.45) is 0 Å². The van der Waals surface area contributed by atoms with E-state index in [0.717, 1.165) is 42.8 Å². The van der Waals surface area contributed by atoms with Crippen LogP contribution in [-0.2, 0) is 44.8 Å². The Morgan fingerprint density at radius 2 is 1.12 bits per heavy atom. The Morgan fingerprint density at radius 3 is 1.66 bits per heavy atom. The van der Waals surface area contributed by atoms with Gasteiger partial charge in [-0.25, -0.2) is 4.79 Å². The standard InChI is InChI=1S/C43H66N8O14S.Eu/c52-34(10-3-1-7-17-45-35(53)11-6-5-9-33-42-32(28-66-33)47-43(65)48-42)44-18-8-2-4-12-36(54)46-30-15-13-29(14-16-30)21-31(51(26-40(61)62)27-41(63)64)22-49(23-37(55)56)19-20-50(24-38(57)58)25-39(59)60;/h13-16,31-33,42H,1-12,17-28H2,(H,44,52)(H,45,53)(H,46,54)(H,55,56)(H,57,58)(H,59,60)(H,61,62)(H,63,64)(H2,47,48,65);/q;+3. The van der Waals surface area contributed by atoms with Crippen LogP contribution in [0.1, 0.15) is 82.6 Å². The number of carbonyl (C=O) groups is 9. The minimum absolute atomic E-state index is 0. The SMILES string of the molecule is O=C(O)CN(CCN(CC(=O)O)CC(Cc1ccc(NC(=O)CCCCCNC(=O)CCCCCNC(=O)CCCCC2SCC3NC(=O)NC32)cc1)N(CC(=O)O)CC(=O)O)CC(=O)O.[Eu+3]. The first-order chi connectivity index (χ1) is 31.5. The molecule has 0 bridgehead atoms. The van der Waals surface area contributed by atoms with Crippen molar-refractivity contribution < 1.29 is 118 Å². The summed E-state index contributed by atoms with van der Waals surface area (Å²) < 4.78 is 0. The Bertz CT molecular complexity index is 1770. The number of unbranched alkanes of at least 4 members (excludes halogenated alkanes) is 5. The van der Waals surface area contributed by atoms with E-state index >= 15 is 0 Å². The topological polar surface area (TPSA) is 325 Å². The quantitative estimate of drug-likeness (QED) is 0.0330. The Hall–Kier alpha value is -3.94. The van der Waals surface area contributed by atoms with Crippen molar-refractivity contribution in [1.29, 1.82) is 0 Å². The molecule has 2 saturated heterocycles. The summed E-state index contributed by atoms with van der Waals surface area (Å²) in [6.45, 7) is -2.55. The Balaban J connectivity index is 0.0000154. The molecule has 1 aromatic carbocycles. The van der Waals surface area contributed by atoms with Gasteiger partial charge < -0.3 is 52.1 Å². The van der Waals surface area contributed by atoms with Crippen LogP contribution in [-0.4, -0.2) is 188 Å². The predicted molar refractivity (Wildman–Crippen MR) is 242 cm³/mol. The first-order valence-corrected chi connectivity index (χ1v) is 23.4. The molecule has 2 aliphatic heterocycles. The molecule has 4 atom stereocenters. The number of thioether (sulfide) groups is 1. The second kappa shape index (κ2) is 32.7. The van der Waals surface area contributed by atoms with Crippen LogP contribution >= 0.6 is 11.8 Å². The number of hydrogen-bond donors (Lipinski definition) is 10. The third kappa shape index (κ3) is 25.9. The summed E-state index contributed by atoms with van der Waals surface area (Å²) in [5.74, 6) is -5.80. The van der Waals surface area contributed by atoms with Crippen LogP contribution in [0.25, 0.3) is 0 Å². The molecule has 24 heteroatoms. The number of hydrogen-bond acceptors (Lipinski definition) is 13. The van der Waals surface area contributed by atoms with Gasteiger partial charge in [-0.2, -0.15) is 11.8 Å². The van der Waals surface area contributed by atoms with Gasteiger partial charge in [0, 0.05) is 74.7 Å². The van der Waals surface area contributed by atoms with Gasteiger partial charge in [0.25, 0.3) is 0 Å². The van der Waals surface area contributed by atoms with Gasteiger partial charge in [-0.05, 0) is 62.6 Å². The van der Waals surface area contributed by atoms with Crippen LogP contribution < -0.4 is 26.6 Å². The molecule has 0 spiro atoms. The van der Waals surface area contributed by atoms with Crippen molar-refractivity contribution in [3.63, 3.8) is 0 Å². The molecule has 3 rings (SSSR count). The van der Waals surface area contributed by atoms with Gasteiger partial charge in [0.05, 0.1) is 44.8 Å². The second-order valence-electron chi connectivity index (χ2n) is 16.6. The number of anilines is 1. The number of fused-ring (bicyclic) bond motifs is 1. The van der Waals surface area contributed by atoms with E-state index in [0.29, 0.717) is 68.1 Å². The fraction of sp³-hybridized carbons (Fsp3) is 0.651. The molecule has 0 aliphatic carbocycles. The van der Waals surface area contributed by atoms with E-state index in [4.69, 9.17) is 0 Å². The molecule has 0 radical (unpaired) electrons. The van der Waals surface area contributed by atoms with E-state index in [2.05, 4.69) is 26.6 Å². The zero-order valence-corrected chi connectivity index (χ0v) is 40.9. The number of aliphatic carboxylic acids is 5. The van der Waals surface area contributed by atoms with Gasteiger partial charge >= 0.3 is 85.3 Å². The van der Waals surface area contributed by atoms with E-state index in [1.54, 1.807) is 24.3 Å². The van der Waals surface area contributed by atoms with Crippen LogP contribution in [0.3, 0.4) is 0 Å². The van der Waals surface area contributed by atoms with Crippen LogP contribution in [0.15, 0.2) is 24.3 Å². The minimum Gasteiger partial charge on any atom is -0.480 e. The maximum atomic E-state index is 12.7. The first kappa shape index (κ1) is 59.2. The third-order valence-electron chi connectivity index (χ3n) is 11.1. The fourth-order valence-electron chi connectivity index (χ4n) is 7.88. The van der Waals surface area contributed by atoms with Crippen LogP contribution in [0.2, 0.25) is 0 Å². The van der Waals surface area contributed by atoms with Crippen molar-refractivity contribution >= 4 is 71.0 Å². The van der Waals surface area contributed by atoms with E-state index in [9.17, 15) is 68.7 Å². The number of nitrogens with zero attached hydrogens (tertiary/aromatic N) is 3. The molecule has 0 saturated carbocycles. The zero-order valence-electron chi connectivity index (χ0n) is 37.6. The smallest absolute Gasteiger partial charge is 0.480 e. The van der Waals surface area contributed by atoms with Crippen LogP contribution in [0.4, 0.5) is 10.5 Å². The number of amides is 5. The molecule has 5 amide bonds. The number of urea groups is 1. The number of benzene rings is 1. The first-order valence-electron chi connectivity index (χ1n) is 22.4. The average Bonchev–Trinajstić information content (AvgIpc) is 3.79. The van der Waals surface area contributed by atoms with Gasteiger partial charge in [0.2, 0.25) is 17.7 Å². The molecule has 10 N–H and O–H groups in total. The van der Waals surface area contributed by atoms with Crippen molar-refractivity contribution in [1.82, 2.24) is 36.0 Å². The molecule has 67 heavy (non-hydrogen) atoms. The second-order valence-corrected chi connectivity index (χ2v) is 17.9. The molecule has 2 aliphatic rings. The van der Waals surface area contributed by atoms with E-state index in [1.807, 2.05) is 11.8 Å². The summed E-state index contributed by atoms with van der Waals surface area (Å²) in [4.78, 5) is 110. The van der Waals surface area contributed by atoms with Crippen molar-refractivity contribution in [2.75, 3.05) is 76.5 Å². The number of carbonyl (C=O) groups excluding carboxylic acids is 4. The molecular weight excluding hydrogens is 1040 g/mol. The van der Waals surface area contributed by atoms with Crippen molar-refractivity contribution in [3.05, 3.63) is 29.8 Å². The molecule has 1 aromatic rings. The van der Waals surface area contributed by atoms with Crippen molar-refractivity contribution in [2.45, 2.75) is 107 Å². The van der Waals surface area contributed by atoms with E-state index < -0.39 is 68.6 Å². The molecule has 2 heterocycles. The molecule has 372 valence electrons. The normalized spacial score (nSPS) is 16.6. The Morgan fingerprint density at radius 1 is 0.627 bits per heavy atom. The maximum absolute atomic E-state index is 12.7. The number of carboxylic acid groups (broad SMARTS) is 5. The van der Waals surface area contributed by atoms with E-state index in [1.165, 1.54) is 9.80 Å². The average molecular weight is 1100 g/mol. The third-order valence-corrected chi connectivity index (χ3v) is 12.6. The minimum atomic E-state index is -1.32. The molecule has 4 unspecified atom stereocenters. The molecule has 2 fully saturated rings. The molecular formula is C43H66EuN8O14S+3. The van der Waals surface area contributed by atoms with Gasteiger partial charge in [-0.15, -0.1) is 0 Å². The summed E-state index contributed by atoms with van der Waals surface area (Å²) in [6, 6.07) is 6.02. The summed E-state index contributed by atoms with van der Waals surface area (Å²) in [7, 11) is 0. The number of nitrogens with one attached hydrogen (secondary N) is 5. The molecule has 22 nitrogen and oxygen atoms in total. The van der Waals surface area contributed by atoms with Gasteiger partial charge in [0.1, 0.15) is 0 Å². The maximum Gasteiger partial charge on any atom is 3.00 e. The zero-order chi connectivity index (χ0) is 48.4. The van der Waals surface area contributed by atoms with Gasteiger partial charge in [-0.3, -0.25) is 53.1 Å². The fourth-order valence-corrected chi connectivity index (χ4v) is 9.42. The van der Waals surface area contributed by atoms with E-state index in [-0.39, 0.29) is 118 Å². The van der Waals surface area contributed by atoms with Crippen LogP contribution in [0, 0.1) is 49.4 Å². The Labute approximate surface area is 435 Å². The summed E-state index contributed by atoms with van der Waals surface area (Å²) in [5, 5.41) is 62.1. The number of rotatable bonds is 36. The largest absolute Gasteiger partial charge is 3.00 e. The predicted octanol–water partition coefficient (Wildman–Crippen LogP) is 0.944. The Kier molecular flexibility index (Phi) is 28.9. The summed E-state index contributed by atoms with van der Waals surface area (Å²) >= 11 is 1.87. The van der Waals surface area contributed by atoms with Crippen LogP contribution in [0.5, 0.6) is 0 Å². The van der Waals surface area contributed by atoms with Gasteiger partial charge in [0.15, 0.2) is 0 Å². The summed E-state index contributed by atoms with van der Waals surface area (Å²) in [6.07, 6.45) is 8.20. The summed E-state index contributed by atoms with van der Waals surface area (Å²) in [5.41, 5.74) is 1.10. The number of carboxylic acids is 5. The van der Waals surface area contributed by atoms with Gasteiger partial charge in [-0.1, -0.05) is 31.4 Å². The van der Waals surface area contributed by atoms with Crippen molar-refractivity contribution in [3.8, 4) is 0 Å².